The third kappa shape index (κ3) is 6.12. The molecule has 0 saturated carbocycles. The summed E-state index contributed by atoms with van der Waals surface area (Å²) >= 11 is 7.48. The Kier molecular flexibility index (Phi) is 8.72. The Morgan fingerprint density at radius 1 is 0.972 bits per heavy atom. The van der Waals surface area contributed by atoms with E-state index in [1.54, 1.807) is 0 Å². The van der Waals surface area contributed by atoms with E-state index in [0.29, 0.717) is 36.7 Å². The fourth-order valence-corrected chi connectivity index (χ4v) is 5.93. The molecule has 1 unspecified atom stereocenters. The van der Waals surface area contributed by atoms with E-state index in [1.807, 2.05) is 89.8 Å². The number of hydrogen-bond donors (Lipinski definition) is 2. The third-order valence-corrected chi connectivity index (χ3v) is 8.09. The van der Waals surface area contributed by atoms with Gasteiger partial charge in [-0.2, -0.15) is 0 Å². The van der Waals surface area contributed by atoms with Crippen LogP contribution in [0.25, 0.3) is 0 Å². The minimum absolute atomic E-state index is 0.0472. The number of likely N-dealkylation sites (tertiary alicyclic amines) is 1. The molecule has 1 fully saturated rings. The molecule has 3 aromatic carbocycles. The van der Waals surface area contributed by atoms with Gasteiger partial charge in [-0.3, -0.25) is 9.59 Å². The number of aliphatic hydroxyl groups is 1. The van der Waals surface area contributed by atoms with Gasteiger partial charge in [-0.05, 0) is 54.2 Å². The smallest absolute Gasteiger partial charge is 0.246 e. The van der Waals surface area contributed by atoms with Crippen LogP contribution in [-0.4, -0.2) is 46.7 Å². The zero-order valence-corrected chi connectivity index (χ0v) is 21.8. The van der Waals surface area contributed by atoms with Gasteiger partial charge >= 0.3 is 0 Å². The Labute approximate surface area is 221 Å². The van der Waals surface area contributed by atoms with E-state index < -0.39 is 11.6 Å². The summed E-state index contributed by atoms with van der Waals surface area (Å²) in [6.45, 7) is 2.47. The van der Waals surface area contributed by atoms with Crippen LogP contribution in [0.5, 0.6) is 0 Å². The molecule has 0 spiro atoms. The highest BCUT2D eigenvalue weighted by molar-refractivity contribution is 7.99. The van der Waals surface area contributed by atoms with E-state index in [0.717, 1.165) is 16.0 Å². The monoisotopic (exact) mass is 522 g/mol. The van der Waals surface area contributed by atoms with Crippen molar-refractivity contribution in [2.45, 2.75) is 36.3 Å². The lowest BCUT2D eigenvalue weighted by Crippen LogP contribution is -2.53. The third-order valence-electron chi connectivity index (χ3n) is 6.73. The van der Waals surface area contributed by atoms with E-state index in [9.17, 15) is 14.7 Å². The molecular formula is C29H31ClN2O3S. The number of thioether (sulfide) groups is 1. The van der Waals surface area contributed by atoms with E-state index >= 15 is 0 Å². The number of nitrogens with one attached hydrogen (secondary N) is 1. The highest BCUT2D eigenvalue weighted by atomic mass is 35.5. The van der Waals surface area contributed by atoms with Gasteiger partial charge in [-0.25, -0.2) is 0 Å². The first kappa shape index (κ1) is 26.3. The predicted octanol–water partition coefficient (Wildman–Crippen LogP) is 5.11. The van der Waals surface area contributed by atoms with Gasteiger partial charge in [-0.15, -0.1) is 11.8 Å². The van der Waals surface area contributed by atoms with E-state index in [2.05, 4.69) is 5.32 Å². The highest BCUT2D eigenvalue weighted by Gasteiger charge is 2.42. The SMILES string of the molecule is CC(=O)NC(CSc1ccc(Cl)cc1)C(=O)N1CCC(C(O)(c2ccccc2)c2ccccc2)CC1. The molecule has 0 aromatic heterocycles. The second-order valence-electron chi connectivity index (χ2n) is 9.12. The zero-order valence-electron chi connectivity index (χ0n) is 20.3. The molecule has 1 heterocycles. The minimum Gasteiger partial charge on any atom is -0.380 e. The molecule has 1 aliphatic rings. The van der Waals surface area contributed by atoms with Crippen LogP contribution < -0.4 is 5.32 Å². The van der Waals surface area contributed by atoms with Crippen LogP contribution in [0.15, 0.2) is 89.8 Å². The molecule has 3 aromatic rings. The number of amides is 2. The Morgan fingerprint density at radius 2 is 1.50 bits per heavy atom. The Hall–Kier alpha value is -2.80. The van der Waals surface area contributed by atoms with Crippen molar-refractivity contribution in [3.8, 4) is 0 Å². The molecule has 4 rings (SSSR count). The van der Waals surface area contributed by atoms with E-state index in [-0.39, 0.29) is 17.7 Å². The largest absolute Gasteiger partial charge is 0.380 e. The molecule has 1 atom stereocenters. The maximum Gasteiger partial charge on any atom is 0.246 e. The summed E-state index contributed by atoms with van der Waals surface area (Å²) in [5.41, 5.74) is 0.576. The van der Waals surface area contributed by atoms with Gasteiger partial charge in [0, 0.05) is 35.7 Å². The summed E-state index contributed by atoms with van der Waals surface area (Å²) in [6.07, 6.45) is 1.31. The molecule has 7 heteroatoms. The summed E-state index contributed by atoms with van der Waals surface area (Å²) in [6, 6.07) is 26.3. The molecular weight excluding hydrogens is 492 g/mol. The number of piperidine rings is 1. The molecule has 0 aliphatic carbocycles. The quantitative estimate of drug-likeness (QED) is 0.403. The molecule has 188 valence electrons. The van der Waals surface area contributed by atoms with Crippen LogP contribution in [0.2, 0.25) is 5.02 Å². The molecule has 2 amide bonds. The average Bonchev–Trinajstić information content (AvgIpc) is 2.92. The van der Waals surface area contributed by atoms with Crippen LogP contribution in [0.4, 0.5) is 0 Å². The summed E-state index contributed by atoms with van der Waals surface area (Å²) in [4.78, 5) is 28.1. The number of carbonyl (C=O) groups excluding carboxylic acids is 2. The van der Waals surface area contributed by atoms with Crippen molar-refractivity contribution in [1.82, 2.24) is 10.2 Å². The predicted molar refractivity (Wildman–Crippen MR) is 145 cm³/mol. The first-order chi connectivity index (χ1) is 17.4. The molecule has 1 aliphatic heterocycles. The summed E-state index contributed by atoms with van der Waals surface area (Å²) in [7, 11) is 0. The van der Waals surface area contributed by atoms with Crippen molar-refractivity contribution in [1.29, 1.82) is 0 Å². The Balaban J connectivity index is 1.46. The first-order valence-corrected chi connectivity index (χ1v) is 13.5. The maximum absolute atomic E-state index is 13.4. The van der Waals surface area contributed by atoms with Crippen LogP contribution >= 0.6 is 23.4 Å². The fraction of sp³-hybridized carbons (Fsp3) is 0.310. The maximum atomic E-state index is 13.4. The minimum atomic E-state index is -1.14. The fourth-order valence-electron chi connectivity index (χ4n) is 4.89. The molecule has 0 bridgehead atoms. The Bertz CT molecular complexity index is 1110. The lowest BCUT2D eigenvalue weighted by atomic mass is 9.72. The summed E-state index contributed by atoms with van der Waals surface area (Å²) < 4.78 is 0. The van der Waals surface area contributed by atoms with Crippen molar-refractivity contribution in [3.63, 3.8) is 0 Å². The number of hydrogen-bond acceptors (Lipinski definition) is 4. The van der Waals surface area contributed by atoms with Crippen LogP contribution in [0, 0.1) is 5.92 Å². The lowest BCUT2D eigenvalue weighted by molar-refractivity contribution is -0.137. The van der Waals surface area contributed by atoms with Gasteiger partial charge in [0.2, 0.25) is 11.8 Å². The van der Waals surface area contributed by atoms with Gasteiger partial charge in [0.1, 0.15) is 11.6 Å². The van der Waals surface area contributed by atoms with Crippen molar-refractivity contribution in [2.24, 2.45) is 5.92 Å². The first-order valence-electron chi connectivity index (χ1n) is 12.2. The zero-order chi connectivity index (χ0) is 25.5. The summed E-state index contributed by atoms with van der Waals surface area (Å²) in [5.74, 6) is 0.0577. The van der Waals surface area contributed by atoms with Gasteiger partial charge in [-0.1, -0.05) is 72.3 Å². The number of benzene rings is 3. The second kappa shape index (κ2) is 12.0. The highest BCUT2D eigenvalue weighted by Crippen LogP contribution is 2.42. The van der Waals surface area contributed by atoms with Gasteiger partial charge < -0.3 is 15.3 Å². The summed E-state index contributed by atoms with van der Waals surface area (Å²) in [5, 5.41) is 15.6. The van der Waals surface area contributed by atoms with Crippen molar-refractivity contribution in [3.05, 3.63) is 101 Å². The van der Waals surface area contributed by atoms with Crippen LogP contribution in [0.1, 0.15) is 30.9 Å². The van der Waals surface area contributed by atoms with Crippen molar-refractivity contribution >= 4 is 35.2 Å². The van der Waals surface area contributed by atoms with Crippen molar-refractivity contribution < 1.29 is 14.7 Å². The van der Waals surface area contributed by atoms with Gasteiger partial charge in [0.15, 0.2) is 0 Å². The Morgan fingerprint density at radius 3 is 2.00 bits per heavy atom. The topological polar surface area (TPSA) is 69.6 Å². The second-order valence-corrected chi connectivity index (χ2v) is 10.6. The number of rotatable bonds is 8. The molecule has 36 heavy (non-hydrogen) atoms. The number of halogens is 1. The van der Waals surface area contributed by atoms with Gasteiger partial charge in [0.25, 0.3) is 0 Å². The molecule has 2 N–H and O–H groups in total. The number of carbonyl (C=O) groups is 2. The molecule has 1 saturated heterocycles. The molecule has 5 nitrogen and oxygen atoms in total. The standard InChI is InChI=1S/C29H31ClN2O3S/c1-21(33)31-27(20-36-26-14-12-25(30)13-15-26)28(34)32-18-16-24(17-19-32)29(35,22-8-4-2-5-9-22)23-10-6-3-7-11-23/h2-15,24,27,35H,16-20H2,1H3,(H,31,33). The molecule has 0 radical (unpaired) electrons. The van der Waals surface area contributed by atoms with Crippen LogP contribution in [-0.2, 0) is 15.2 Å². The van der Waals surface area contributed by atoms with Crippen molar-refractivity contribution in [2.75, 3.05) is 18.8 Å². The van der Waals surface area contributed by atoms with Gasteiger partial charge in [0.05, 0.1) is 0 Å². The van der Waals surface area contributed by atoms with E-state index in [4.69, 9.17) is 11.6 Å². The number of nitrogens with zero attached hydrogens (tertiary/aromatic N) is 1. The van der Waals surface area contributed by atoms with Crippen LogP contribution in [0.3, 0.4) is 0 Å². The average molecular weight is 523 g/mol. The lowest BCUT2D eigenvalue weighted by Gasteiger charge is -2.43. The normalized spacial score (nSPS) is 15.4. The van der Waals surface area contributed by atoms with E-state index in [1.165, 1.54) is 18.7 Å².